The smallest absolute Gasteiger partial charge is 0.326 e. The van der Waals surface area contributed by atoms with E-state index in [1.807, 2.05) is 10.6 Å². The second-order valence-corrected chi connectivity index (χ2v) is 15.1. The van der Waals surface area contributed by atoms with Crippen molar-refractivity contribution in [2.45, 2.75) is 75.5 Å². The van der Waals surface area contributed by atoms with E-state index in [-0.39, 0.29) is 53.9 Å². The zero-order valence-corrected chi connectivity index (χ0v) is 36.1. The standard InChI is InChI=1S/C43H46FN9O16/c44-15-1-2-28-21-53(52-51-28)29-19-24(36(58)45-26-7-3-22(4-8-26)16-32(40(64)65)49-42(68)47-30(38(60)61)11-13-34(54)55)18-25(20-29)37(59)46-27-9-5-23(6-10-27)17-33(41(66)67)50-43(69)48-31(39(62)63)12-14-35(56)57/h3-10,18-21,30-33H,1-2,11-17H2,(H,45,58)(H,46,59)(H,54,55)(H,56,57)(H,60,61)(H,62,63)(H,64,65)(H,66,67)(H2,47,49,68)(H2,48,50,69)/t30?,31?,32-,33-/m0/s1. The third kappa shape index (κ3) is 17.1. The van der Waals surface area contributed by atoms with Crippen molar-refractivity contribution in [3.63, 3.8) is 0 Å². The van der Waals surface area contributed by atoms with Gasteiger partial charge in [-0.05, 0) is 79.3 Å². The molecule has 12 N–H and O–H groups in total. The summed E-state index contributed by atoms with van der Waals surface area (Å²) >= 11 is 0. The molecule has 4 atom stereocenters. The van der Waals surface area contributed by atoms with Crippen LogP contribution in [0.4, 0.5) is 25.4 Å². The van der Waals surface area contributed by atoms with Crippen LogP contribution in [0.15, 0.2) is 72.9 Å². The molecule has 0 aliphatic rings. The zero-order chi connectivity index (χ0) is 50.8. The Labute approximate surface area is 389 Å². The summed E-state index contributed by atoms with van der Waals surface area (Å²) in [5.41, 5.74) is 1.72. The number of benzene rings is 3. The fraction of sp³-hybridized carbons (Fsp3) is 0.302. The van der Waals surface area contributed by atoms with Gasteiger partial charge in [0.05, 0.1) is 24.3 Å². The summed E-state index contributed by atoms with van der Waals surface area (Å²) in [7, 11) is 0. The zero-order valence-electron chi connectivity index (χ0n) is 36.1. The van der Waals surface area contributed by atoms with Crippen LogP contribution in [-0.4, -0.2) is 136 Å². The highest BCUT2D eigenvalue weighted by molar-refractivity contribution is 6.09. The molecule has 4 aromatic rings. The molecule has 0 fully saturated rings. The third-order valence-corrected chi connectivity index (χ3v) is 9.82. The number of hydrogen-bond acceptors (Lipinski definition) is 12. The van der Waals surface area contributed by atoms with Gasteiger partial charge in [0.15, 0.2) is 0 Å². The maximum atomic E-state index is 13.7. The van der Waals surface area contributed by atoms with Crippen molar-refractivity contribution in [2.75, 3.05) is 17.3 Å². The lowest BCUT2D eigenvalue weighted by atomic mass is 10.0. The predicted molar refractivity (Wildman–Crippen MR) is 235 cm³/mol. The van der Waals surface area contributed by atoms with E-state index in [1.54, 1.807) is 0 Å². The Morgan fingerprint density at radius 3 is 1.30 bits per heavy atom. The van der Waals surface area contributed by atoms with Crippen LogP contribution in [0, 0.1) is 0 Å². The van der Waals surface area contributed by atoms with Crippen molar-refractivity contribution in [3.8, 4) is 5.69 Å². The molecule has 1 heterocycles. The number of alkyl halides is 1. The second kappa shape index (κ2) is 25.1. The Bertz CT molecular complexity index is 2410. The van der Waals surface area contributed by atoms with Gasteiger partial charge < -0.3 is 62.5 Å². The monoisotopic (exact) mass is 963 g/mol. The topological polar surface area (TPSA) is 395 Å². The molecule has 0 bridgehead atoms. The van der Waals surface area contributed by atoms with Crippen LogP contribution in [-0.2, 0) is 48.0 Å². The summed E-state index contributed by atoms with van der Waals surface area (Å²) in [6.45, 7) is -0.601. The van der Waals surface area contributed by atoms with E-state index in [9.17, 15) is 72.8 Å². The minimum Gasteiger partial charge on any atom is -0.481 e. The number of rotatable bonds is 26. The largest absolute Gasteiger partial charge is 0.481 e. The number of carboxylic acid groups (broad SMARTS) is 6. The summed E-state index contributed by atoms with van der Waals surface area (Å²) in [6.07, 6.45) is -0.689. The predicted octanol–water partition coefficient (Wildman–Crippen LogP) is 1.90. The first kappa shape index (κ1) is 52.7. The lowest BCUT2D eigenvalue weighted by Gasteiger charge is -2.18. The molecule has 1 aromatic heterocycles. The molecular formula is C43H46FN9O16. The number of carboxylic acids is 6. The Morgan fingerprint density at radius 1 is 0.551 bits per heavy atom. The minimum atomic E-state index is -1.60. The molecule has 26 heteroatoms. The number of nitrogens with zero attached hydrogens (tertiary/aromatic N) is 3. The molecule has 4 rings (SSSR count). The summed E-state index contributed by atoms with van der Waals surface area (Å²) in [6, 6.07) is 6.97. The Kier molecular flexibility index (Phi) is 19.1. The van der Waals surface area contributed by atoms with Gasteiger partial charge in [0.2, 0.25) is 0 Å². The molecule has 0 aliphatic heterocycles. The van der Waals surface area contributed by atoms with Gasteiger partial charge in [-0.3, -0.25) is 23.6 Å². The SMILES string of the molecule is O=C(O)CCC(NC(=O)N[C@@H](Cc1ccc(NC(=O)c2cc(C(=O)Nc3ccc(C[C@H](NC(=O)NC(CCC(=O)O)C(=O)O)C(=O)O)cc3)cc(-n3cc(CCCF)nn3)c2)cc1)C(=O)O)C(=O)O. The molecule has 0 saturated heterocycles. The molecule has 0 aliphatic carbocycles. The minimum absolute atomic E-state index is 0.0464. The van der Waals surface area contributed by atoms with Crippen molar-refractivity contribution in [1.29, 1.82) is 0 Å². The molecule has 0 saturated carbocycles. The molecule has 69 heavy (non-hydrogen) atoms. The summed E-state index contributed by atoms with van der Waals surface area (Å²) in [5, 5.41) is 77.5. The summed E-state index contributed by atoms with van der Waals surface area (Å²) in [4.78, 5) is 121. The Morgan fingerprint density at radius 2 is 0.942 bits per heavy atom. The van der Waals surface area contributed by atoms with Crippen LogP contribution in [0.1, 0.15) is 69.6 Å². The van der Waals surface area contributed by atoms with E-state index in [0.717, 1.165) is 0 Å². The van der Waals surface area contributed by atoms with E-state index in [4.69, 9.17) is 10.2 Å². The van der Waals surface area contributed by atoms with E-state index < -0.39 is 116 Å². The van der Waals surface area contributed by atoms with Crippen molar-refractivity contribution in [1.82, 2.24) is 36.3 Å². The molecule has 2 unspecified atom stereocenters. The number of hydrogen-bond donors (Lipinski definition) is 12. The fourth-order valence-electron chi connectivity index (χ4n) is 6.29. The molecule has 0 spiro atoms. The van der Waals surface area contributed by atoms with Crippen molar-refractivity contribution in [3.05, 3.63) is 101 Å². The normalized spacial score (nSPS) is 12.5. The Hall–Kier alpha value is -8.97. The summed E-state index contributed by atoms with van der Waals surface area (Å²) in [5.74, 6) is -10.00. The lowest BCUT2D eigenvalue weighted by Crippen LogP contribution is -2.51. The maximum absolute atomic E-state index is 13.7. The van der Waals surface area contributed by atoms with Gasteiger partial charge in [0, 0.05) is 48.2 Å². The lowest BCUT2D eigenvalue weighted by molar-refractivity contribution is -0.142. The van der Waals surface area contributed by atoms with Gasteiger partial charge in [-0.2, -0.15) is 0 Å². The van der Waals surface area contributed by atoms with Crippen LogP contribution in [0.5, 0.6) is 0 Å². The molecule has 3 aromatic carbocycles. The van der Waals surface area contributed by atoms with Gasteiger partial charge >= 0.3 is 47.9 Å². The van der Waals surface area contributed by atoms with E-state index >= 15 is 0 Å². The van der Waals surface area contributed by atoms with Gasteiger partial charge in [0.1, 0.15) is 24.2 Å². The van der Waals surface area contributed by atoms with E-state index in [0.29, 0.717) is 16.8 Å². The van der Waals surface area contributed by atoms with Gasteiger partial charge in [-0.25, -0.2) is 33.4 Å². The highest BCUT2D eigenvalue weighted by Crippen LogP contribution is 2.20. The number of anilines is 2. The number of amides is 6. The Balaban J connectivity index is 1.48. The van der Waals surface area contributed by atoms with Crippen LogP contribution in [0.2, 0.25) is 0 Å². The number of halogens is 1. The first-order valence-electron chi connectivity index (χ1n) is 20.6. The average Bonchev–Trinajstić information content (AvgIpc) is 3.77. The van der Waals surface area contributed by atoms with Crippen LogP contribution in [0.3, 0.4) is 0 Å². The molecular weight excluding hydrogens is 918 g/mol. The number of nitrogens with one attached hydrogen (secondary N) is 6. The fourth-order valence-corrected chi connectivity index (χ4v) is 6.29. The number of aromatic nitrogens is 3. The average molecular weight is 964 g/mol. The number of carbonyl (C=O) groups excluding carboxylic acids is 4. The van der Waals surface area contributed by atoms with Crippen LogP contribution in [0.25, 0.3) is 5.69 Å². The third-order valence-electron chi connectivity index (χ3n) is 9.82. The number of carbonyl (C=O) groups is 10. The molecule has 6 amide bonds. The van der Waals surface area contributed by atoms with Crippen LogP contribution < -0.4 is 31.9 Å². The summed E-state index contributed by atoms with van der Waals surface area (Å²) < 4.78 is 14.2. The maximum Gasteiger partial charge on any atom is 0.326 e. The highest BCUT2D eigenvalue weighted by Gasteiger charge is 2.27. The van der Waals surface area contributed by atoms with E-state index in [2.05, 4.69) is 31.6 Å². The number of aryl methyl sites for hydroxylation is 1. The molecule has 0 radical (unpaired) electrons. The van der Waals surface area contributed by atoms with Crippen molar-refractivity contribution in [2.24, 2.45) is 0 Å². The van der Waals surface area contributed by atoms with Gasteiger partial charge in [-0.15, -0.1) is 5.10 Å². The van der Waals surface area contributed by atoms with Gasteiger partial charge in [-0.1, -0.05) is 29.5 Å². The first-order valence-corrected chi connectivity index (χ1v) is 20.6. The van der Waals surface area contributed by atoms with Crippen molar-refractivity contribution < 1.29 is 83.0 Å². The van der Waals surface area contributed by atoms with Crippen LogP contribution >= 0.6 is 0 Å². The first-order chi connectivity index (χ1) is 32.7. The van der Waals surface area contributed by atoms with Gasteiger partial charge in [0.25, 0.3) is 11.8 Å². The quantitative estimate of drug-likeness (QED) is 0.0427. The number of urea groups is 2. The molecule has 25 nitrogen and oxygen atoms in total. The molecule has 366 valence electrons. The number of aliphatic carboxylic acids is 6. The highest BCUT2D eigenvalue weighted by atomic mass is 19.1. The van der Waals surface area contributed by atoms with Crippen molar-refractivity contribution >= 4 is 71.1 Å². The van der Waals surface area contributed by atoms with E-state index in [1.165, 1.54) is 77.6 Å². The second-order valence-electron chi connectivity index (χ2n) is 15.1.